The zero-order valence-corrected chi connectivity index (χ0v) is 19.1. The Balaban J connectivity index is 1.49. The molecule has 6 nitrogen and oxygen atoms in total. The lowest BCUT2D eigenvalue weighted by molar-refractivity contribution is -0.123. The summed E-state index contributed by atoms with van der Waals surface area (Å²) in [6, 6.07) is 17.4. The number of halogens is 2. The summed E-state index contributed by atoms with van der Waals surface area (Å²) in [5.41, 5.74) is 2.35. The minimum atomic E-state index is -1.24. The first-order valence-corrected chi connectivity index (χ1v) is 11.6. The second-order valence-corrected chi connectivity index (χ2v) is 9.25. The molecule has 5 rings (SSSR count). The maximum atomic E-state index is 13.9. The van der Waals surface area contributed by atoms with Gasteiger partial charge in [-0.05, 0) is 35.9 Å². The molecule has 0 bridgehead atoms. The first-order chi connectivity index (χ1) is 16.4. The third-order valence-electron chi connectivity index (χ3n) is 5.99. The molecule has 1 spiro atoms. The number of thioether (sulfide) groups is 1. The molecule has 1 fully saturated rings. The van der Waals surface area contributed by atoms with E-state index in [0.717, 1.165) is 12.1 Å². The Bertz CT molecular complexity index is 1290. The first-order valence-electron chi connectivity index (χ1n) is 10.7. The van der Waals surface area contributed by atoms with Crippen molar-refractivity contribution in [2.75, 3.05) is 29.6 Å². The highest BCUT2D eigenvalue weighted by Crippen LogP contribution is 2.54. The molecular weight excluding hydrogens is 460 g/mol. The Labute approximate surface area is 199 Å². The summed E-state index contributed by atoms with van der Waals surface area (Å²) < 4.78 is 32.5. The highest BCUT2D eigenvalue weighted by atomic mass is 32.2. The molecule has 2 heterocycles. The lowest BCUT2D eigenvalue weighted by atomic mass is 10.1. The maximum absolute atomic E-state index is 13.9. The summed E-state index contributed by atoms with van der Waals surface area (Å²) in [4.78, 5) is 29.1. The van der Waals surface area contributed by atoms with E-state index in [4.69, 9.17) is 4.74 Å². The predicted octanol–water partition coefficient (Wildman–Crippen LogP) is 4.95. The van der Waals surface area contributed by atoms with Crippen molar-refractivity contribution in [2.45, 2.75) is 11.4 Å². The summed E-state index contributed by atoms with van der Waals surface area (Å²) in [5, 5.41) is 2.87. The summed E-state index contributed by atoms with van der Waals surface area (Å²) in [6.07, 6.45) is 0. The van der Waals surface area contributed by atoms with E-state index >= 15 is 0 Å². The Hall–Kier alpha value is -3.59. The second-order valence-electron chi connectivity index (χ2n) is 7.96. The van der Waals surface area contributed by atoms with Crippen molar-refractivity contribution >= 4 is 35.1 Å². The molecule has 1 saturated heterocycles. The number of methoxy groups -OCH3 is 1. The molecule has 1 atom stereocenters. The molecule has 3 aromatic rings. The number of carbonyl (C=O) groups excluding carboxylic acids is 2. The Morgan fingerprint density at radius 2 is 1.91 bits per heavy atom. The van der Waals surface area contributed by atoms with E-state index in [1.165, 1.54) is 22.7 Å². The number of rotatable bonds is 4. The third kappa shape index (κ3) is 3.56. The van der Waals surface area contributed by atoms with Crippen LogP contribution in [0, 0.1) is 11.6 Å². The van der Waals surface area contributed by atoms with Crippen molar-refractivity contribution in [3.8, 4) is 5.75 Å². The maximum Gasteiger partial charge on any atom is 0.323 e. The van der Waals surface area contributed by atoms with Gasteiger partial charge in [-0.3, -0.25) is 9.69 Å². The van der Waals surface area contributed by atoms with Crippen molar-refractivity contribution in [3.63, 3.8) is 0 Å². The fraction of sp³-hybridized carbons (Fsp3) is 0.200. The number of benzene rings is 3. The smallest absolute Gasteiger partial charge is 0.323 e. The fourth-order valence-corrected chi connectivity index (χ4v) is 5.90. The van der Waals surface area contributed by atoms with Crippen LogP contribution in [0.1, 0.15) is 11.1 Å². The standard InChI is InChI=1S/C25H21F2N3O3S/c1-33-18-6-4-5-17(14-18)28-24(32)30-11-12-34-25(30)19-7-2-3-8-22(19)29(23(25)31)15-16-9-10-20(26)21(27)13-16/h2-10,13-14H,11-12,15H2,1H3,(H,28,32)/t25-/m1/s1. The van der Waals surface area contributed by atoms with Crippen molar-refractivity contribution in [1.29, 1.82) is 0 Å². The molecular formula is C25H21F2N3O3S. The number of hydrogen-bond donors (Lipinski definition) is 1. The van der Waals surface area contributed by atoms with Crippen molar-refractivity contribution in [3.05, 3.63) is 89.5 Å². The van der Waals surface area contributed by atoms with Crippen LogP contribution in [-0.2, 0) is 16.2 Å². The van der Waals surface area contributed by atoms with Crippen LogP contribution in [0.4, 0.5) is 25.0 Å². The molecule has 1 N–H and O–H groups in total. The zero-order valence-electron chi connectivity index (χ0n) is 18.3. The summed E-state index contributed by atoms with van der Waals surface area (Å²) in [6.45, 7) is 0.431. The van der Waals surface area contributed by atoms with Gasteiger partial charge in [0.25, 0.3) is 5.91 Å². The minimum absolute atomic E-state index is 0.0562. The number of amides is 3. The molecule has 0 unspecified atom stereocenters. The lowest BCUT2D eigenvalue weighted by Gasteiger charge is -2.33. The molecule has 0 aromatic heterocycles. The van der Waals surface area contributed by atoms with E-state index < -0.39 is 22.5 Å². The van der Waals surface area contributed by atoms with Gasteiger partial charge in [-0.1, -0.05) is 30.3 Å². The van der Waals surface area contributed by atoms with Crippen LogP contribution >= 0.6 is 11.8 Å². The van der Waals surface area contributed by atoms with Gasteiger partial charge in [-0.25, -0.2) is 13.6 Å². The van der Waals surface area contributed by atoms with Gasteiger partial charge >= 0.3 is 6.03 Å². The molecule has 174 valence electrons. The monoisotopic (exact) mass is 481 g/mol. The van der Waals surface area contributed by atoms with Crippen LogP contribution in [-0.4, -0.2) is 36.2 Å². The van der Waals surface area contributed by atoms with Gasteiger partial charge in [-0.2, -0.15) is 0 Å². The number of urea groups is 1. The Morgan fingerprint density at radius 3 is 2.71 bits per heavy atom. The van der Waals surface area contributed by atoms with Crippen LogP contribution in [0.2, 0.25) is 0 Å². The average Bonchev–Trinajstić information content (AvgIpc) is 3.39. The molecule has 0 saturated carbocycles. The molecule has 2 aliphatic rings. The number of hydrogen-bond acceptors (Lipinski definition) is 4. The third-order valence-corrected chi connectivity index (χ3v) is 7.41. The number of carbonyl (C=O) groups is 2. The van der Waals surface area contributed by atoms with Gasteiger partial charge in [0.2, 0.25) is 0 Å². The largest absolute Gasteiger partial charge is 0.497 e. The predicted molar refractivity (Wildman–Crippen MR) is 127 cm³/mol. The van der Waals surface area contributed by atoms with Gasteiger partial charge in [0.15, 0.2) is 16.5 Å². The molecule has 0 aliphatic carbocycles. The fourth-order valence-electron chi connectivity index (χ4n) is 4.44. The summed E-state index contributed by atoms with van der Waals surface area (Å²) >= 11 is 1.39. The molecule has 9 heteroatoms. The van der Waals surface area contributed by atoms with Crippen molar-refractivity contribution in [2.24, 2.45) is 0 Å². The number of para-hydroxylation sites is 1. The van der Waals surface area contributed by atoms with Crippen LogP contribution in [0.25, 0.3) is 0 Å². The number of fused-ring (bicyclic) bond motifs is 2. The van der Waals surface area contributed by atoms with Crippen LogP contribution in [0.3, 0.4) is 0 Å². The van der Waals surface area contributed by atoms with Gasteiger partial charge in [0.05, 0.1) is 19.3 Å². The van der Waals surface area contributed by atoms with E-state index in [-0.39, 0.29) is 12.5 Å². The van der Waals surface area contributed by atoms with E-state index in [0.29, 0.717) is 40.5 Å². The van der Waals surface area contributed by atoms with Crippen LogP contribution in [0.15, 0.2) is 66.7 Å². The molecule has 0 radical (unpaired) electrons. The highest BCUT2D eigenvalue weighted by molar-refractivity contribution is 8.01. The van der Waals surface area contributed by atoms with Gasteiger partial charge in [0.1, 0.15) is 5.75 Å². The topological polar surface area (TPSA) is 61.9 Å². The molecule has 34 heavy (non-hydrogen) atoms. The average molecular weight is 482 g/mol. The zero-order chi connectivity index (χ0) is 23.9. The summed E-state index contributed by atoms with van der Waals surface area (Å²) in [5.74, 6) is -1.03. The van der Waals surface area contributed by atoms with Gasteiger partial charge in [-0.15, -0.1) is 11.8 Å². The van der Waals surface area contributed by atoms with E-state index in [2.05, 4.69) is 5.32 Å². The summed E-state index contributed by atoms with van der Waals surface area (Å²) in [7, 11) is 1.54. The van der Waals surface area contributed by atoms with Crippen LogP contribution in [0.5, 0.6) is 5.75 Å². The van der Waals surface area contributed by atoms with E-state index in [1.807, 2.05) is 18.2 Å². The highest BCUT2D eigenvalue weighted by Gasteiger charge is 2.59. The first kappa shape index (κ1) is 22.2. The second kappa shape index (κ2) is 8.64. The number of ether oxygens (including phenoxy) is 1. The van der Waals surface area contributed by atoms with Gasteiger partial charge < -0.3 is 15.0 Å². The SMILES string of the molecule is COc1cccc(NC(=O)N2CCS[C@]23C(=O)N(Cc2ccc(F)c(F)c2)c2ccccc23)c1. The normalized spacial score (nSPS) is 19.0. The van der Waals surface area contributed by atoms with Gasteiger partial charge in [0, 0.05) is 29.6 Å². The van der Waals surface area contributed by atoms with Crippen molar-refractivity contribution < 1.29 is 23.1 Å². The minimum Gasteiger partial charge on any atom is -0.497 e. The number of nitrogens with one attached hydrogen (secondary N) is 1. The van der Waals surface area contributed by atoms with Crippen molar-refractivity contribution in [1.82, 2.24) is 4.90 Å². The molecule has 2 aliphatic heterocycles. The Kier molecular flexibility index (Phi) is 5.65. The lowest BCUT2D eigenvalue weighted by Crippen LogP contribution is -2.51. The molecule has 3 aromatic carbocycles. The number of anilines is 2. The van der Waals surface area contributed by atoms with E-state index in [1.54, 1.807) is 42.3 Å². The quantitative estimate of drug-likeness (QED) is 0.573. The molecule has 3 amide bonds. The Morgan fingerprint density at radius 1 is 1.09 bits per heavy atom. The number of nitrogens with zero attached hydrogens (tertiary/aromatic N) is 2. The van der Waals surface area contributed by atoms with Crippen LogP contribution < -0.4 is 15.0 Å². The van der Waals surface area contributed by atoms with E-state index in [9.17, 15) is 18.4 Å².